The van der Waals surface area contributed by atoms with E-state index in [-0.39, 0.29) is 18.3 Å². The molecule has 0 aliphatic carbocycles. The molecule has 0 heterocycles. The molecule has 0 bridgehead atoms. The molecule has 1 unspecified atom stereocenters. The van der Waals surface area contributed by atoms with Crippen LogP contribution < -0.4 is 11.1 Å². The van der Waals surface area contributed by atoms with Crippen LogP contribution in [0.3, 0.4) is 0 Å². The van der Waals surface area contributed by atoms with Gasteiger partial charge in [-0.1, -0.05) is 19.9 Å². The molecule has 3 N–H and O–H groups in total. The molecule has 2 amide bonds. The fourth-order valence-corrected chi connectivity index (χ4v) is 2.43. The van der Waals surface area contributed by atoms with Crippen LogP contribution in [-0.4, -0.2) is 30.4 Å². The molecule has 6 heteroatoms. The van der Waals surface area contributed by atoms with E-state index in [1.54, 1.807) is 6.07 Å². The van der Waals surface area contributed by atoms with E-state index in [1.165, 1.54) is 0 Å². The number of ether oxygens (including phenoxy) is 1. The first-order valence-corrected chi connectivity index (χ1v) is 7.95. The Kier molecular flexibility index (Phi) is 6.95. The van der Waals surface area contributed by atoms with Gasteiger partial charge in [0.15, 0.2) is 6.61 Å². The van der Waals surface area contributed by atoms with Crippen LogP contribution in [0.4, 0.5) is 4.79 Å². The Hall–Kier alpha value is -2.37. The van der Waals surface area contributed by atoms with Crippen molar-refractivity contribution in [3.63, 3.8) is 0 Å². The molecule has 1 aromatic carbocycles. The number of aryl methyl sites for hydroxylation is 3. The number of hydrogen-bond donors (Lipinski definition) is 2. The summed E-state index contributed by atoms with van der Waals surface area (Å²) in [6, 6.07) is 2.08. The quantitative estimate of drug-likeness (QED) is 0.591. The fourth-order valence-electron chi connectivity index (χ4n) is 2.43. The van der Waals surface area contributed by atoms with Crippen LogP contribution in [0.2, 0.25) is 0 Å². The molecule has 0 saturated carbocycles. The lowest BCUT2D eigenvalue weighted by molar-refractivity contribution is -0.145. The standard InChI is InChI=1S/C18H26N2O4/c1-10(2)6-15(20-18(19)23)17(22)24-9-16(21)14-8-12(4)11(3)7-13(14)5/h7-8,10,15H,6,9H2,1-5H3,(H3,19,20,23). The summed E-state index contributed by atoms with van der Waals surface area (Å²) in [5.41, 5.74) is 8.56. The summed E-state index contributed by atoms with van der Waals surface area (Å²) in [7, 11) is 0. The number of esters is 1. The Morgan fingerprint density at radius 3 is 2.21 bits per heavy atom. The number of nitrogens with one attached hydrogen (secondary N) is 1. The molecule has 0 spiro atoms. The molecular weight excluding hydrogens is 308 g/mol. The Labute approximate surface area is 142 Å². The van der Waals surface area contributed by atoms with E-state index in [0.717, 1.165) is 16.7 Å². The monoisotopic (exact) mass is 334 g/mol. The first-order chi connectivity index (χ1) is 11.1. The molecular formula is C18H26N2O4. The van der Waals surface area contributed by atoms with E-state index in [9.17, 15) is 14.4 Å². The molecule has 0 aliphatic heterocycles. The first-order valence-electron chi connectivity index (χ1n) is 7.95. The van der Waals surface area contributed by atoms with Gasteiger partial charge in [0.05, 0.1) is 0 Å². The van der Waals surface area contributed by atoms with Crippen molar-refractivity contribution < 1.29 is 19.1 Å². The number of benzene rings is 1. The maximum absolute atomic E-state index is 12.3. The highest BCUT2D eigenvalue weighted by atomic mass is 16.5. The van der Waals surface area contributed by atoms with Crippen LogP contribution in [0.1, 0.15) is 47.3 Å². The molecule has 1 rings (SSSR count). The number of primary amides is 1. The van der Waals surface area contributed by atoms with Crippen molar-refractivity contribution in [3.8, 4) is 0 Å². The summed E-state index contributed by atoms with van der Waals surface area (Å²) in [5.74, 6) is -0.768. The minimum absolute atomic E-state index is 0.159. The van der Waals surface area contributed by atoms with E-state index >= 15 is 0 Å². The SMILES string of the molecule is Cc1cc(C)c(C(=O)COC(=O)C(CC(C)C)NC(N)=O)cc1C. The second kappa shape index (κ2) is 8.47. The summed E-state index contributed by atoms with van der Waals surface area (Å²) in [6.07, 6.45) is 0.388. The van der Waals surface area contributed by atoms with Gasteiger partial charge < -0.3 is 15.8 Å². The number of rotatable bonds is 7. The largest absolute Gasteiger partial charge is 0.456 e. The van der Waals surface area contributed by atoms with E-state index in [0.29, 0.717) is 12.0 Å². The van der Waals surface area contributed by atoms with Crippen molar-refractivity contribution in [1.29, 1.82) is 0 Å². The zero-order valence-corrected chi connectivity index (χ0v) is 14.9. The Morgan fingerprint density at radius 2 is 1.67 bits per heavy atom. The second-order valence-electron chi connectivity index (χ2n) is 6.47. The van der Waals surface area contributed by atoms with Gasteiger partial charge in [-0.3, -0.25) is 4.79 Å². The van der Waals surface area contributed by atoms with Gasteiger partial charge in [-0.05, 0) is 55.9 Å². The van der Waals surface area contributed by atoms with Gasteiger partial charge in [0.25, 0.3) is 0 Å². The minimum atomic E-state index is -0.851. The molecule has 132 valence electrons. The fraction of sp³-hybridized carbons (Fsp3) is 0.500. The number of amides is 2. The predicted octanol–water partition coefficient (Wildman–Crippen LogP) is 2.42. The summed E-state index contributed by atoms with van der Waals surface area (Å²) < 4.78 is 5.09. The minimum Gasteiger partial charge on any atom is -0.456 e. The third kappa shape index (κ3) is 5.68. The second-order valence-corrected chi connectivity index (χ2v) is 6.47. The highest BCUT2D eigenvalue weighted by Gasteiger charge is 2.23. The number of carbonyl (C=O) groups is 3. The molecule has 1 aromatic rings. The molecule has 1 atom stereocenters. The van der Waals surface area contributed by atoms with Crippen LogP contribution >= 0.6 is 0 Å². The predicted molar refractivity (Wildman–Crippen MR) is 91.9 cm³/mol. The summed E-state index contributed by atoms with van der Waals surface area (Å²) in [4.78, 5) is 35.4. The summed E-state index contributed by atoms with van der Waals surface area (Å²) >= 11 is 0. The van der Waals surface area contributed by atoms with Crippen LogP contribution in [-0.2, 0) is 9.53 Å². The van der Waals surface area contributed by atoms with Crippen molar-refractivity contribution in [1.82, 2.24) is 5.32 Å². The lowest BCUT2D eigenvalue weighted by Gasteiger charge is -2.18. The van der Waals surface area contributed by atoms with Gasteiger partial charge in [-0.25, -0.2) is 9.59 Å². The van der Waals surface area contributed by atoms with Crippen molar-refractivity contribution in [2.75, 3.05) is 6.61 Å². The highest BCUT2D eigenvalue weighted by molar-refractivity contribution is 5.99. The third-order valence-electron chi connectivity index (χ3n) is 3.79. The average molecular weight is 334 g/mol. The number of urea groups is 1. The van der Waals surface area contributed by atoms with Crippen LogP contribution in [0, 0.1) is 26.7 Å². The van der Waals surface area contributed by atoms with Crippen molar-refractivity contribution in [2.45, 2.75) is 47.1 Å². The maximum Gasteiger partial charge on any atom is 0.329 e. The number of ketones is 1. The zero-order chi connectivity index (χ0) is 18.4. The average Bonchev–Trinajstić information content (AvgIpc) is 2.46. The molecule has 0 aromatic heterocycles. The third-order valence-corrected chi connectivity index (χ3v) is 3.79. The van der Waals surface area contributed by atoms with E-state index in [1.807, 2.05) is 40.7 Å². The van der Waals surface area contributed by atoms with Gasteiger partial charge in [0, 0.05) is 5.56 Å². The number of carbonyl (C=O) groups excluding carboxylic acids is 3. The van der Waals surface area contributed by atoms with Crippen LogP contribution in [0.15, 0.2) is 12.1 Å². The Bertz CT molecular complexity index is 638. The Morgan fingerprint density at radius 1 is 1.08 bits per heavy atom. The first kappa shape index (κ1) is 19.7. The molecule has 0 radical (unpaired) electrons. The van der Waals surface area contributed by atoms with Gasteiger partial charge in [-0.15, -0.1) is 0 Å². The van der Waals surface area contributed by atoms with E-state index < -0.39 is 18.0 Å². The van der Waals surface area contributed by atoms with E-state index in [4.69, 9.17) is 10.5 Å². The zero-order valence-electron chi connectivity index (χ0n) is 14.9. The number of Topliss-reactive ketones (excluding diaryl/α,β-unsaturated/α-hetero) is 1. The molecule has 24 heavy (non-hydrogen) atoms. The number of nitrogens with two attached hydrogens (primary N) is 1. The van der Waals surface area contributed by atoms with Gasteiger partial charge >= 0.3 is 12.0 Å². The highest BCUT2D eigenvalue weighted by Crippen LogP contribution is 2.16. The van der Waals surface area contributed by atoms with Crippen LogP contribution in [0.5, 0.6) is 0 Å². The Balaban J connectivity index is 2.75. The smallest absolute Gasteiger partial charge is 0.329 e. The lowest BCUT2D eigenvalue weighted by Crippen LogP contribution is -2.45. The van der Waals surface area contributed by atoms with Gasteiger partial charge in [0.1, 0.15) is 6.04 Å². The van der Waals surface area contributed by atoms with Crippen molar-refractivity contribution >= 4 is 17.8 Å². The van der Waals surface area contributed by atoms with Crippen molar-refractivity contribution in [3.05, 3.63) is 34.4 Å². The topological polar surface area (TPSA) is 98.5 Å². The van der Waals surface area contributed by atoms with Gasteiger partial charge in [0.2, 0.25) is 5.78 Å². The van der Waals surface area contributed by atoms with Crippen LogP contribution in [0.25, 0.3) is 0 Å². The normalized spacial score (nSPS) is 11.9. The van der Waals surface area contributed by atoms with Gasteiger partial charge in [-0.2, -0.15) is 0 Å². The molecule has 0 fully saturated rings. The van der Waals surface area contributed by atoms with E-state index in [2.05, 4.69) is 5.32 Å². The molecule has 0 saturated heterocycles. The maximum atomic E-state index is 12.3. The number of hydrogen-bond acceptors (Lipinski definition) is 4. The summed E-state index contributed by atoms with van der Waals surface area (Å²) in [5, 5.41) is 2.36. The lowest BCUT2D eigenvalue weighted by atomic mass is 9.98. The molecule has 6 nitrogen and oxygen atoms in total. The van der Waals surface area contributed by atoms with Crippen molar-refractivity contribution in [2.24, 2.45) is 11.7 Å². The summed E-state index contributed by atoms with van der Waals surface area (Å²) in [6.45, 7) is 9.20. The molecule has 0 aliphatic rings.